The van der Waals surface area contributed by atoms with Gasteiger partial charge in [-0.25, -0.2) is 0 Å². The Morgan fingerprint density at radius 2 is 2.22 bits per heavy atom. The third-order valence-electron chi connectivity index (χ3n) is 1.06. The highest BCUT2D eigenvalue weighted by atomic mass is 16.3. The second-order valence-corrected chi connectivity index (χ2v) is 2.29. The van der Waals surface area contributed by atoms with E-state index in [0.717, 1.165) is 5.57 Å². The predicted octanol–water partition coefficient (Wildman–Crippen LogP) is 0.696. The number of hydrogen-bond acceptors (Lipinski definition) is 2. The van der Waals surface area contributed by atoms with Crippen LogP contribution in [0.5, 0.6) is 0 Å². The number of rotatable bonds is 3. The lowest BCUT2D eigenvalue weighted by molar-refractivity contribution is 0.198. The third-order valence-corrected chi connectivity index (χ3v) is 1.06. The maximum atomic E-state index is 8.77. The van der Waals surface area contributed by atoms with Gasteiger partial charge in [-0.05, 0) is 20.3 Å². The van der Waals surface area contributed by atoms with Crippen LogP contribution in [0.4, 0.5) is 0 Å². The molecule has 0 aromatic rings. The monoisotopic (exact) mass is 130 g/mol. The topological polar surface area (TPSA) is 40.5 Å². The van der Waals surface area contributed by atoms with Gasteiger partial charge in [0.1, 0.15) is 0 Å². The Hall–Kier alpha value is -0.340. The van der Waals surface area contributed by atoms with Crippen LogP contribution >= 0.6 is 0 Å². The van der Waals surface area contributed by atoms with Gasteiger partial charge in [0.25, 0.3) is 0 Å². The van der Waals surface area contributed by atoms with Crippen LogP contribution in [0.2, 0.25) is 0 Å². The molecule has 0 aromatic carbocycles. The molecular weight excluding hydrogens is 116 g/mol. The summed E-state index contributed by atoms with van der Waals surface area (Å²) in [6.45, 7) is 3.65. The van der Waals surface area contributed by atoms with E-state index < -0.39 is 0 Å². The van der Waals surface area contributed by atoms with Crippen molar-refractivity contribution >= 4 is 0 Å². The van der Waals surface area contributed by atoms with Crippen LogP contribution in [-0.4, -0.2) is 22.9 Å². The molecule has 0 aliphatic carbocycles. The van der Waals surface area contributed by atoms with Crippen LogP contribution in [0, 0.1) is 0 Å². The molecule has 0 aliphatic heterocycles. The SMILES string of the molecule is CC(=CCC(C)O)CO. The van der Waals surface area contributed by atoms with Crippen LogP contribution in [0.1, 0.15) is 20.3 Å². The lowest BCUT2D eigenvalue weighted by Gasteiger charge is -1.98. The number of aliphatic hydroxyl groups excluding tert-OH is 2. The summed E-state index contributed by atoms with van der Waals surface area (Å²) in [5.74, 6) is 0. The van der Waals surface area contributed by atoms with Crippen LogP contribution in [0.25, 0.3) is 0 Å². The second-order valence-electron chi connectivity index (χ2n) is 2.29. The van der Waals surface area contributed by atoms with Gasteiger partial charge in [-0.3, -0.25) is 0 Å². The van der Waals surface area contributed by atoms with Crippen molar-refractivity contribution in [1.82, 2.24) is 0 Å². The third kappa shape index (κ3) is 5.53. The Morgan fingerprint density at radius 3 is 2.56 bits per heavy atom. The molecule has 0 saturated carbocycles. The molecule has 1 atom stereocenters. The van der Waals surface area contributed by atoms with Crippen LogP contribution < -0.4 is 0 Å². The van der Waals surface area contributed by atoms with Crippen molar-refractivity contribution in [2.45, 2.75) is 26.4 Å². The summed E-state index contributed by atoms with van der Waals surface area (Å²) in [4.78, 5) is 0. The first-order chi connectivity index (χ1) is 4.16. The van der Waals surface area contributed by atoms with E-state index in [1.807, 2.05) is 13.0 Å². The molecule has 0 heterocycles. The summed E-state index contributed by atoms with van der Waals surface area (Å²) in [5.41, 5.74) is 0.913. The fourth-order valence-electron chi connectivity index (χ4n) is 0.436. The minimum Gasteiger partial charge on any atom is -0.393 e. The zero-order valence-electron chi connectivity index (χ0n) is 5.96. The Bertz CT molecular complexity index is 95.1. The van der Waals surface area contributed by atoms with Crippen molar-refractivity contribution in [3.63, 3.8) is 0 Å². The van der Waals surface area contributed by atoms with Crippen molar-refractivity contribution in [2.75, 3.05) is 6.61 Å². The first-order valence-electron chi connectivity index (χ1n) is 3.11. The van der Waals surface area contributed by atoms with E-state index in [1.54, 1.807) is 6.92 Å². The minimum atomic E-state index is -0.300. The van der Waals surface area contributed by atoms with E-state index in [2.05, 4.69) is 0 Å². The van der Waals surface area contributed by atoms with E-state index in [-0.39, 0.29) is 12.7 Å². The molecule has 0 radical (unpaired) electrons. The molecule has 0 fully saturated rings. The van der Waals surface area contributed by atoms with E-state index in [4.69, 9.17) is 10.2 Å². The highest BCUT2D eigenvalue weighted by molar-refractivity contribution is 4.97. The Kier molecular flexibility index (Phi) is 4.36. The second kappa shape index (κ2) is 4.53. The van der Waals surface area contributed by atoms with Gasteiger partial charge in [-0.2, -0.15) is 0 Å². The molecule has 0 saturated heterocycles. The predicted molar refractivity (Wildman–Crippen MR) is 37.1 cm³/mol. The standard InChI is InChI=1S/C7H14O2/c1-6(5-8)3-4-7(2)9/h3,7-9H,4-5H2,1-2H3. The lowest BCUT2D eigenvalue weighted by Crippen LogP contribution is -1.97. The van der Waals surface area contributed by atoms with E-state index in [9.17, 15) is 0 Å². The molecule has 0 spiro atoms. The lowest BCUT2D eigenvalue weighted by atomic mass is 10.2. The van der Waals surface area contributed by atoms with Gasteiger partial charge in [0.05, 0.1) is 12.7 Å². The van der Waals surface area contributed by atoms with E-state index in [0.29, 0.717) is 6.42 Å². The molecule has 0 amide bonds. The molecule has 0 aliphatic rings. The fourth-order valence-corrected chi connectivity index (χ4v) is 0.436. The van der Waals surface area contributed by atoms with Crippen molar-refractivity contribution in [3.05, 3.63) is 11.6 Å². The molecule has 0 aromatic heterocycles. The molecule has 54 valence electrons. The van der Waals surface area contributed by atoms with E-state index >= 15 is 0 Å². The number of aliphatic hydroxyl groups is 2. The van der Waals surface area contributed by atoms with Gasteiger partial charge in [0.2, 0.25) is 0 Å². The van der Waals surface area contributed by atoms with Crippen LogP contribution in [-0.2, 0) is 0 Å². The molecule has 2 nitrogen and oxygen atoms in total. The highest BCUT2D eigenvalue weighted by Crippen LogP contribution is 1.96. The highest BCUT2D eigenvalue weighted by Gasteiger charge is 1.90. The zero-order chi connectivity index (χ0) is 7.28. The quantitative estimate of drug-likeness (QED) is 0.552. The fraction of sp³-hybridized carbons (Fsp3) is 0.714. The van der Waals surface area contributed by atoms with Crippen LogP contribution in [0.15, 0.2) is 11.6 Å². The maximum Gasteiger partial charge on any atom is 0.0639 e. The Labute approximate surface area is 55.8 Å². The normalized spacial score (nSPS) is 15.8. The average Bonchev–Trinajstić information content (AvgIpc) is 1.83. The van der Waals surface area contributed by atoms with Crippen LogP contribution in [0.3, 0.4) is 0 Å². The molecule has 2 heteroatoms. The number of hydrogen-bond donors (Lipinski definition) is 2. The summed E-state index contributed by atoms with van der Waals surface area (Å²) in [7, 11) is 0. The Morgan fingerprint density at radius 1 is 1.67 bits per heavy atom. The summed E-state index contributed by atoms with van der Waals surface area (Å²) >= 11 is 0. The molecule has 0 rings (SSSR count). The Balaban J connectivity index is 3.43. The molecule has 2 N–H and O–H groups in total. The zero-order valence-corrected chi connectivity index (χ0v) is 5.96. The van der Waals surface area contributed by atoms with Crippen molar-refractivity contribution in [1.29, 1.82) is 0 Å². The molecular formula is C7H14O2. The van der Waals surface area contributed by atoms with Crippen molar-refractivity contribution < 1.29 is 10.2 Å². The first-order valence-corrected chi connectivity index (χ1v) is 3.11. The molecule has 0 bridgehead atoms. The molecule has 1 unspecified atom stereocenters. The maximum absolute atomic E-state index is 8.77. The van der Waals surface area contributed by atoms with Gasteiger partial charge in [-0.15, -0.1) is 0 Å². The summed E-state index contributed by atoms with van der Waals surface area (Å²) in [5, 5.41) is 17.3. The summed E-state index contributed by atoms with van der Waals surface area (Å²) in [6, 6.07) is 0. The largest absolute Gasteiger partial charge is 0.393 e. The van der Waals surface area contributed by atoms with Crippen molar-refractivity contribution in [3.8, 4) is 0 Å². The van der Waals surface area contributed by atoms with Gasteiger partial charge in [-0.1, -0.05) is 11.6 Å². The summed E-state index contributed by atoms with van der Waals surface area (Å²) in [6.07, 6.45) is 2.17. The smallest absolute Gasteiger partial charge is 0.0639 e. The van der Waals surface area contributed by atoms with Gasteiger partial charge >= 0.3 is 0 Å². The van der Waals surface area contributed by atoms with E-state index in [1.165, 1.54) is 0 Å². The molecule has 9 heavy (non-hydrogen) atoms. The van der Waals surface area contributed by atoms with Gasteiger partial charge in [0, 0.05) is 0 Å². The van der Waals surface area contributed by atoms with Gasteiger partial charge < -0.3 is 10.2 Å². The van der Waals surface area contributed by atoms with Crippen molar-refractivity contribution in [2.24, 2.45) is 0 Å². The summed E-state index contributed by atoms with van der Waals surface area (Å²) < 4.78 is 0. The first kappa shape index (κ1) is 8.66. The minimum absolute atomic E-state index is 0.0900. The van der Waals surface area contributed by atoms with Gasteiger partial charge in [0.15, 0.2) is 0 Å². The average molecular weight is 130 g/mol.